The first-order valence-corrected chi connectivity index (χ1v) is 3.36. The van der Waals surface area contributed by atoms with Gasteiger partial charge in [-0.15, -0.1) is 0 Å². The Balaban J connectivity index is 3.26. The van der Waals surface area contributed by atoms with Gasteiger partial charge in [0.1, 0.15) is 5.75 Å². The van der Waals surface area contributed by atoms with E-state index in [0.717, 1.165) is 6.21 Å². The second-order valence-corrected chi connectivity index (χ2v) is 2.28. The Morgan fingerprint density at radius 3 is 2.85 bits per heavy atom. The van der Waals surface area contributed by atoms with E-state index in [2.05, 4.69) is 5.10 Å². The number of phenolic OH excluding ortho intramolecular Hbond substituents is 1. The maximum absolute atomic E-state index is 10.4. The van der Waals surface area contributed by atoms with E-state index in [9.17, 15) is 10.1 Å². The number of hydrogen-bond donors (Lipinski definition) is 2. The van der Waals surface area contributed by atoms with Crippen molar-refractivity contribution in [3.05, 3.63) is 33.9 Å². The number of hydrogen-bond acceptors (Lipinski definition) is 5. The summed E-state index contributed by atoms with van der Waals surface area (Å²) < 4.78 is 0. The summed E-state index contributed by atoms with van der Waals surface area (Å²) in [6, 6.07) is 3.63. The first-order valence-electron chi connectivity index (χ1n) is 3.36. The smallest absolute Gasteiger partial charge is 0.278 e. The molecule has 0 heterocycles. The second-order valence-electron chi connectivity index (χ2n) is 2.28. The van der Waals surface area contributed by atoms with Gasteiger partial charge >= 0.3 is 0 Å². The van der Waals surface area contributed by atoms with Crippen molar-refractivity contribution in [2.45, 2.75) is 0 Å². The molecule has 6 heteroatoms. The molecule has 0 unspecified atom stereocenters. The van der Waals surface area contributed by atoms with Crippen molar-refractivity contribution in [1.82, 2.24) is 0 Å². The molecule has 0 spiro atoms. The Hall–Kier alpha value is -2.11. The van der Waals surface area contributed by atoms with Gasteiger partial charge in [-0.3, -0.25) is 10.1 Å². The van der Waals surface area contributed by atoms with Crippen LogP contribution in [0, 0.1) is 10.1 Å². The van der Waals surface area contributed by atoms with Crippen LogP contribution >= 0.6 is 0 Å². The molecule has 0 aliphatic rings. The van der Waals surface area contributed by atoms with E-state index in [-0.39, 0.29) is 17.0 Å². The summed E-state index contributed by atoms with van der Waals surface area (Å²) in [4.78, 5) is 9.86. The predicted octanol–water partition coefficient (Wildman–Crippen LogP) is 0.593. The van der Waals surface area contributed by atoms with E-state index in [1.54, 1.807) is 0 Å². The Morgan fingerprint density at radius 1 is 1.62 bits per heavy atom. The molecule has 0 aliphatic carbocycles. The summed E-state index contributed by atoms with van der Waals surface area (Å²) in [6.07, 6.45) is 1.11. The minimum absolute atomic E-state index is 0.0690. The number of phenols is 1. The minimum Gasteiger partial charge on any atom is -0.508 e. The molecule has 13 heavy (non-hydrogen) atoms. The molecule has 3 N–H and O–H groups in total. The van der Waals surface area contributed by atoms with E-state index >= 15 is 0 Å². The zero-order valence-corrected chi connectivity index (χ0v) is 6.54. The highest BCUT2D eigenvalue weighted by atomic mass is 16.6. The summed E-state index contributed by atoms with van der Waals surface area (Å²) in [5, 5.41) is 22.6. The van der Waals surface area contributed by atoms with Crippen LogP contribution < -0.4 is 5.84 Å². The summed E-state index contributed by atoms with van der Waals surface area (Å²) in [5.74, 6) is 4.78. The number of nitrogens with two attached hydrogens (primary N) is 1. The van der Waals surface area contributed by atoms with E-state index in [1.807, 2.05) is 0 Å². The summed E-state index contributed by atoms with van der Waals surface area (Å²) in [6.45, 7) is 0. The molecule has 0 fully saturated rings. The van der Waals surface area contributed by atoms with Gasteiger partial charge in [-0.1, -0.05) is 0 Å². The maximum atomic E-state index is 10.4. The van der Waals surface area contributed by atoms with Crippen molar-refractivity contribution in [3.63, 3.8) is 0 Å². The molecule has 6 nitrogen and oxygen atoms in total. The fourth-order valence-electron chi connectivity index (χ4n) is 0.892. The molecular weight excluding hydrogens is 174 g/mol. The van der Waals surface area contributed by atoms with Crippen LogP contribution in [0.15, 0.2) is 23.3 Å². The van der Waals surface area contributed by atoms with Crippen molar-refractivity contribution in [1.29, 1.82) is 0 Å². The summed E-state index contributed by atoms with van der Waals surface area (Å²) in [5.41, 5.74) is 0.0273. The topological polar surface area (TPSA) is 102 Å². The van der Waals surface area contributed by atoms with Gasteiger partial charge < -0.3 is 10.9 Å². The standard InChI is InChI=1S/C7H7N3O3/c8-9-4-5-3-6(11)1-2-7(5)10(12)13/h1-4,11H,8H2/b9-4+. The van der Waals surface area contributed by atoms with Gasteiger partial charge in [-0.05, 0) is 12.1 Å². The molecule has 0 saturated carbocycles. The third kappa shape index (κ3) is 1.92. The molecule has 0 radical (unpaired) electrons. The molecule has 0 amide bonds. The maximum Gasteiger partial charge on any atom is 0.278 e. The number of nitro groups is 1. The van der Waals surface area contributed by atoms with Gasteiger partial charge in [0.05, 0.1) is 16.7 Å². The van der Waals surface area contributed by atoms with Crippen molar-refractivity contribution in [3.8, 4) is 5.75 Å². The van der Waals surface area contributed by atoms with Crippen LogP contribution in [0.3, 0.4) is 0 Å². The molecule has 0 aromatic heterocycles. The monoisotopic (exact) mass is 181 g/mol. The molecule has 1 aromatic carbocycles. The third-order valence-corrected chi connectivity index (χ3v) is 1.42. The fourth-order valence-corrected chi connectivity index (χ4v) is 0.892. The van der Waals surface area contributed by atoms with Crippen LogP contribution in [0.25, 0.3) is 0 Å². The van der Waals surface area contributed by atoms with Crippen LogP contribution in [0.1, 0.15) is 5.56 Å². The Morgan fingerprint density at radius 2 is 2.31 bits per heavy atom. The van der Waals surface area contributed by atoms with Crippen LogP contribution in [0.2, 0.25) is 0 Å². The van der Waals surface area contributed by atoms with Gasteiger partial charge in [-0.25, -0.2) is 0 Å². The van der Waals surface area contributed by atoms with E-state index in [0.29, 0.717) is 0 Å². The third-order valence-electron chi connectivity index (χ3n) is 1.42. The van der Waals surface area contributed by atoms with Gasteiger partial charge in [0.15, 0.2) is 0 Å². The van der Waals surface area contributed by atoms with Crippen LogP contribution in [0.4, 0.5) is 5.69 Å². The Kier molecular flexibility index (Phi) is 2.44. The SMILES string of the molecule is N/N=C/c1cc(O)ccc1[N+](=O)[O-]. The zero-order valence-electron chi connectivity index (χ0n) is 6.54. The lowest BCUT2D eigenvalue weighted by Crippen LogP contribution is -1.95. The molecule has 1 rings (SSSR count). The van der Waals surface area contributed by atoms with Crippen LogP contribution in [-0.2, 0) is 0 Å². The fraction of sp³-hybridized carbons (Fsp3) is 0. The first kappa shape index (κ1) is 8.98. The number of nitrogens with zero attached hydrogens (tertiary/aromatic N) is 2. The molecule has 0 atom stereocenters. The molecule has 0 bridgehead atoms. The van der Waals surface area contributed by atoms with Crippen molar-refractivity contribution in [2.75, 3.05) is 0 Å². The van der Waals surface area contributed by atoms with Crippen LogP contribution in [0.5, 0.6) is 5.75 Å². The quantitative estimate of drug-likeness (QED) is 0.301. The second kappa shape index (κ2) is 3.53. The van der Waals surface area contributed by atoms with Crippen LogP contribution in [-0.4, -0.2) is 16.2 Å². The molecule has 1 aromatic rings. The average Bonchev–Trinajstić information content (AvgIpc) is 2.04. The largest absolute Gasteiger partial charge is 0.508 e. The number of nitro benzene ring substituents is 1. The highest BCUT2D eigenvalue weighted by Crippen LogP contribution is 2.21. The Labute approximate surface area is 73.4 Å². The van der Waals surface area contributed by atoms with E-state index in [1.165, 1.54) is 18.2 Å². The molecule has 0 aliphatic heterocycles. The molecule has 68 valence electrons. The molecular formula is C7H7N3O3. The summed E-state index contributed by atoms with van der Waals surface area (Å²) >= 11 is 0. The lowest BCUT2D eigenvalue weighted by Gasteiger charge is -1.96. The number of hydrazone groups is 1. The van der Waals surface area contributed by atoms with Gasteiger partial charge in [0.25, 0.3) is 5.69 Å². The van der Waals surface area contributed by atoms with Gasteiger partial charge in [0.2, 0.25) is 0 Å². The lowest BCUT2D eigenvalue weighted by atomic mass is 10.2. The zero-order chi connectivity index (χ0) is 9.84. The van der Waals surface area contributed by atoms with Gasteiger partial charge in [0, 0.05) is 6.07 Å². The first-order chi connectivity index (χ1) is 6.15. The van der Waals surface area contributed by atoms with Crippen molar-refractivity contribution < 1.29 is 10.0 Å². The number of aromatic hydroxyl groups is 1. The number of rotatable bonds is 2. The normalized spacial score (nSPS) is 10.5. The van der Waals surface area contributed by atoms with E-state index < -0.39 is 4.92 Å². The highest BCUT2D eigenvalue weighted by Gasteiger charge is 2.11. The number of benzene rings is 1. The summed E-state index contributed by atoms with van der Waals surface area (Å²) in [7, 11) is 0. The highest BCUT2D eigenvalue weighted by molar-refractivity contribution is 5.85. The lowest BCUT2D eigenvalue weighted by molar-refractivity contribution is -0.385. The van der Waals surface area contributed by atoms with Crippen molar-refractivity contribution >= 4 is 11.9 Å². The van der Waals surface area contributed by atoms with Gasteiger partial charge in [-0.2, -0.15) is 5.10 Å². The minimum atomic E-state index is -0.573. The van der Waals surface area contributed by atoms with E-state index in [4.69, 9.17) is 10.9 Å². The average molecular weight is 181 g/mol. The Bertz CT molecular complexity index is 362. The van der Waals surface area contributed by atoms with Crippen molar-refractivity contribution in [2.24, 2.45) is 10.9 Å². The predicted molar refractivity (Wildman–Crippen MR) is 46.5 cm³/mol. The molecule has 0 saturated heterocycles.